The van der Waals surface area contributed by atoms with Crippen molar-refractivity contribution in [1.82, 2.24) is 20.5 Å². The Morgan fingerprint density at radius 3 is 2.55 bits per heavy atom. The fourth-order valence-corrected chi connectivity index (χ4v) is 4.11. The molecule has 1 amide bonds. The molecule has 7 nitrogen and oxygen atoms in total. The molecule has 0 spiro atoms. The van der Waals surface area contributed by atoms with Crippen LogP contribution in [0.1, 0.15) is 49.8 Å². The van der Waals surface area contributed by atoms with Crippen LogP contribution in [0.3, 0.4) is 0 Å². The van der Waals surface area contributed by atoms with Crippen LogP contribution < -0.4 is 15.6 Å². The summed E-state index contributed by atoms with van der Waals surface area (Å²) in [6.07, 6.45) is 6.11. The number of nitrogens with zero attached hydrogens (tertiary/aromatic N) is 2. The molecule has 0 radical (unpaired) electrons. The first kappa shape index (κ1) is 23.0. The van der Waals surface area contributed by atoms with Crippen LogP contribution in [0.25, 0.3) is 11.4 Å². The molecule has 2 aromatic carbocycles. The van der Waals surface area contributed by atoms with Gasteiger partial charge in [0, 0.05) is 35.0 Å². The van der Waals surface area contributed by atoms with Gasteiger partial charge >= 0.3 is 0 Å². The lowest BCUT2D eigenvalue weighted by Gasteiger charge is -2.22. The normalized spacial score (nSPS) is 14.1. The third kappa shape index (κ3) is 6.42. The van der Waals surface area contributed by atoms with Crippen molar-refractivity contribution in [2.75, 3.05) is 0 Å². The summed E-state index contributed by atoms with van der Waals surface area (Å²) >= 11 is 6.16. The molecule has 4 rings (SSSR count). The van der Waals surface area contributed by atoms with Crippen LogP contribution in [0.5, 0.6) is 5.75 Å². The van der Waals surface area contributed by atoms with Crippen molar-refractivity contribution < 1.29 is 9.53 Å². The molecule has 8 heteroatoms. The Balaban J connectivity index is 1.32. The van der Waals surface area contributed by atoms with E-state index in [2.05, 4.69) is 20.5 Å². The molecule has 33 heavy (non-hydrogen) atoms. The summed E-state index contributed by atoms with van der Waals surface area (Å²) in [5.41, 5.74) is 1.55. The highest BCUT2D eigenvalue weighted by Gasteiger charge is 2.16. The second-order valence-corrected chi connectivity index (χ2v) is 8.66. The fraction of sp³-hybridized carbons (Fsp3) is 0.360. The first-order valence-electron chi connectivity index (χ1n) is 11.3. The Bertz CT molecular complexity index is 1140. The summed E-state index contributed by atoms with van der Waals surface area (Å²) in [4.78, 5) is 27.4. The second kappa shape index (κ2) is 11.1. The predicted molar refractivity (Wildman–Crippen MR) is 127 cm³/mol. The quantitative estimate of drug-likeness (QED) is 0.511. The van der Waals surface area contributed by atoms with Gasteiger partial charge in [-0.15, -0.1) is 10.2 Å². The first-order valence-corrected chi connectivity index (χ1v) is 11.7. The third-order valence-electron chi connectivity index (χ3n) is 5.80. The molecule has 0 bridgehead atoms. The minimum Gasteiger partial charge on any atom is -0.489 e. The molecule has 1 fully saturated rings. The van der Waals surface area contributed by atoms with Gasteiger partial charge in [0.15, 0.2) is 5.82 Å². The zero-order valence-corrected chi connectivity index (χ0v) is 19.1. The Labute approximate surface area is 197 Å². The van der Waals surface area contributed by atoms with Gasteiger partial charge < -0.3 is 15.0 Å². The topological polar surface area (TPSA) is 97.0 Å². The van der Waals surface area contributed by atoms with E-state index in [4.69, 9.17) is 16.3 Å². The summed E-state index contributed by atoms with van der Waals surface area (Å²) in [6.45, 7) is 0.360. The zero-order chi connectivity index (χ0) is 23.0. The minimum atomic E-state index is -0.329. The van der Waals surface area contributed by atoms with Crippen LogP contribution in [0.2, 0.25) is 5.02 Å². The number of carbonyl (C=O) groups excluding carboxylic acids is 1. The van der Waals surface area contributed by atoms with Crippen molar-refractivity contribution in [2.24, 2.45) is 0 Å². The zero-order valence-electron chi connectivity index (χ0n) is 18.4. The smallest absolute Gasteiger partial charge is 0.273 e. The van der Waals surface area contributed by atoms with Crippen molar-refractivity contribution in [3.8, 4) is 17.1 Å². The van der Waals surface area contributed by atoms with E-state index in [0.717, 1.165) is 31.2 Å². The van der Waals surface area contributed by atoms with Crippen molar-refractivity contribution in [1.29, 1.82) is 0 Å². The maximum absolute atomic E-state index is 12.4. The summed E-state index contributed by atoms with van der Waals surface area (Å²) < 4.78 is 5.79. The van der Waals surface area contributed by atoms with Crippen molar-refractivity contribution >= 4 is 17.5 Å². The monoisotopic (exact) mass is 466 g/mol. The van der Waals surface area contributed by atoms with E-state index in [1.54, 1.807) is 24.3 Å². The highest BCUT2D eigenvalue weighted by atomic mass is 35.5. The molecule has 0 saturated heterocycles. The average Bonchev–Trinajstić information content (AvgIpc) is 2.84. The number of amides is 1. The van der Waals surface area contributed by atoms with Crippen molar-refractivity contribution in [3.05, 3.63) is 75.2 Å². The largest absolute Gasteiger partial charge is 0.489 e. The molecular formula is C25H27ClN4O3. The molecule has 0 aliphatic heterocycles. The maximum Gasteiger partial charge on any atom is 0.273 e. The number of ether oxygens (including phenoxy) is 1. The number of nitrogens with one attached hydrogen (secondary N) is 2. The summed E-state index contributed by atoms with van der Waals surface area (Å²) in [5, 5.41) is 11.9. The van der Waals surface area contributed by atoms with E-state index in [0.29, 0.717) is 28.8 Å². The van der Waals surface area contributed by atoms with Crippen LogP contribution in [-0.4, -0.2) is 27.1 Å². The van der Waals surface area contributed by atoms with E-state index >= 15 is 0 Å². The van der Waals surface area contributed by atoms with Crippen LogP contribution in [0.15, 0.2) is 53.3 Å². The average molecular weight is 467 g/mol. The second-order valence-electron chi connectivity index (χ2n) is 8.26. The van der Waals surface area contributed by atoms with Gasteiger partial charge in [-0.1, -0.05) is 49.1 Å². The number of carbonyl (C=O) groups is 1. The van der Waals surface area contributed by atoms with Gasteiger partial charge in [0.1, 0.15) is 18.1 Å². The van der Waals surface area contributed by atoms with Crippen molar-refractivity contribution in [2.45, 2.75) is 57.6 Å². The molecule has 1 aromatic heterocycles. The highest BCUT2D eigenvalue weighted by molar-refractivity contribution is 6.31. The number of benzene rings is 2. The Kier molecular flexibility index (Phi) is 7.73. The molecule has 1 aliphatic rings. The highest BCUT2D eigenvalue weighted by Crippen LogP contribution is 2.21. The molecule has 0 atom stereocenters. The third-order valence-corrected chi connectivity index (χ3v) is 6.17. The lowest BCUT2D eigenvalue weighted by Crippen LogP contribution is -2.36. The standard InChI is InChI=1S/C25H27ClN4O3/c26-21-9-5-4-6-18(21)16-33-20-12-10-17(11-13-20)24-28-25(32)22(29-30-24)14-15-23(31)27-19-7-2-1-3-8-19/h4-6,9-13,19H,1-3,7-8,14-16H2,(H,27,31)(H,28,30,32). The molecule has 172 valence electrons. The van der Waals surface area contributed by atoms with Crippen LogP contribution in [0, 0.1) is 0 Å². The molecular weight excluding hydrogens is 440 g/mol. The summed E-state index contributed by atoms with van der Waals surface area (Å²) in [5.74, 6) is 1.00. The van der Waals surface area contributed by atoms with Gasteiger partial charge in [-0.2, -0.15) is 0 Å². The predicted octanol–water partition coefficient (Wildman–Crippen LogP) is 4.45. The van der Waals surface area contributed by atoms with Gasteiger partial charge in [-0.05, 0) is 43.2 Å². The number of H-pyrrole nitrogens is 1. The summed E-state index contributed by atoms with van der Waals surface area (Å²) in [6, 6.07) is 15.0. The molecule has 1 saturated carbocycles. The number of aromatic amines is 1. The first-order chi connectivity index (χ1) is 16.1. The van der Waals surface area contributed by atoms with E-state index in [1.165, 1.54) is 6.42 Å². The minimum absolute atomic E-state index is 0.0421. The number of aryl methyl sites for hydroxylation is 1. The Morgan fingerprint density at radius 2 is 1.82 bits per heavy atom. The molecule has 3 aromatic rings. The SMILES string of the molecule is O=C(CCc1nnc(-c2ccc(OCc3ccccc3Cl)cc2)[nH]c1=O)NC1CCCCC1. The molecule has 2 N–H and O–H groups in total. The Morgan fingerprint density at radius 1 is 1.06 bits per heavy atom. The van der Waals surface area contributed by atoms with Gasteiger partial charge in [0.25, 0.3) is 5.56 Å². The van der Waals surface area contributed by atoms with Crippen LogP contribution >= 0.6 is 11.6 Å². The van der Waals surface area contributed by atoms with E-state index in [-0.39, 0.29) is 36.0 Å². The number of hydrogen-bond donors (Lipinski definition) is 2. The lowest BCUT2D eigenvalue weighted by molar-refractivity contribution is -0.122. The fourth-order valence-electron chi connectivity index (χ4n) is 3.92. The van der Waals surface area contributed by atoms with Crippen molar-refractivity contribution in [3.63, 3.8) is 0 Å². The molecule has 1 heterocycles. The molecule has 1 aliphatic carbocycles. The van der Waals surface area contributed by atoms with Gasteiger partial charge in [0.2, 0.25) is 5.91 Å². The van der Waals surface area contributed by atoms with E-state index in [9.17, 15) is 9.59 Å². The van der Waals surface area contributed by atoms with Crippen LogP contribution in [0.4, 0.5) is 0 Å². The summed E-state index contributed by atoms with van der Waals surface area (Å²) in [7, 11) is 0. The van der Waals surface area contributed by atoms with Gasteiger partial charge in [-0.25, -0.2) is 0 Å². The number of hydrogen-bond acceptors (Lipinski definition) is 5. The van der Waals surface area contributed by atoms with Crippen LogP contribution in [-0.2, 0) is 17.8 Å². The van der Waals surface area contributed by atoms with Gasteiger partial charge in [0.05, 0.1) is 0 Å². The maximum atomic E-state index is 12.4. The van der Waals surface area contributed by atoms with E-state index < -0.39 is 0 Å². The van der Waals surface area contributed by atoms with E-state index in [1.807, 2.05) is 24.3 Å². The number of rotatable bonds is 8. The number of aromatic nitrogens is 3. The Hall–Kier alpha value is -3.19. The molecule has 0 unspecified atom stereocenters. The lowest BCUT2D eigenvalue weighted by atomic mass is 9.95. The number of halogens is 1. The van der Waals surface area contributed by atoms with Gasteiger partial charge in [-0.3, -0.25) is 9.59 Å².